The van der Waals surface area contributed by atoms with Crippen LogP contribution >= 0.6 is 0 Å². The van der Waals surface area contributed by atoms with Gasteiger partial charge in [-0.3, -0.25) is 5.10 Å². The Hall–Kier alpha value is -1.88. The summed E-state index contributed by atoms with van der Waals surface area (Å²) in [4.78, 5) is 4.03. The summed E-state index contributed by atoms with van der Waals surface area (Å²) in [5.41, 5.74) is 1.12. The molecule has 1 heterocycles. The number of nitrogens with one attached hydrogen (secondary N) is 2. The summed E-state index contributed by atoms with van der Waals surface area (Å²) in [6.07, 6.45) is 1.49. The first kappa shape index (κ1) is 10.6. The Kier molecular flexibility index (Phi) is 3.16. The fourth-order valence-electron chi connectivity index (χ4n) is 1.45. The van der Waals surface area contributed by atoms with Gasteiger partial charge in [-0.15, -0.1) is 0 Å². The fourth-order valence-corrected chi connectivity index (χ4v) is 1.45. The van der Waals surface area contributed by atoms with E-state index in [1.165, 1.54) is 6.33 Å². The molecule has 1 aromatic heterocycles. The second-order valence-electron chi connectivity index (χ2n) is 3.63. The van der Waals surface area contributed by atoms with Crippen molar-refractivity contribution in [1.82, 2.24) is 20.5 Å². The second kappa shape index (κ2) is 4.76. The van der Waals surface area contributed by atoms with E-state index in [2.05, 4.69) is 27.4 Å². The number of phenols is 1. The third kappa shape index (κ3) is 2.58. The van der Waals surface area contributed by atoms with Crippen molar-refractivity contribution in [3.05, 3.63) is 42.0 Å². The van der Waals surface area contributed by atoms with E-state index in [0.717, 1.165) is 11.4 Å². The van der Waals surface area contributed by atoms with Crippen molar-refractivity contribution in [3.63, 3.8) is 0 Å². The van der Waals surface area contributed by atoms with E-state index in [9.17, 15) is 5.11 Å². The van der Waals surface area contributed by atoms with Crippen molar-refractivity contribution in [2.75, 3.05) is 0 Å². The maximum absolute atomic E-state index is 9.17. The zero-order valence-electron chi connectivity index (χ0n) is 9.01. The van der Waals surface area contributed by atoms with Gasteiger partial charge in [-0.05, 0) is 24.6 Å². The van der Waals surface area contributed by atoms with Gasteiger partial charge in [0.1, 0.15) is 17.9 Å². The van der Waals surface area contributed by atoms with Crippen LogP contribution in [-0.4, -0.2) is 20.3 Å². The molecule has 0 saturated heterocycles. The molecule has 5 nitrogen and oxygen atoms in total. The van der Waals surface area contributed by atoms with Crippen LogP contribution in [0.25, 0.3) is 0 Å². The molecule has 0 spiro atoms. The Morgan fingerprint density at radius 2 is 2.12 bits per heavy atom. The molecule has 84 valence electrons. The highest BCUT2D eigenvalue weighted by molar-refractivity contribution is 5.27. The summed E-state index contributed by atoms with van der Waals surface area (Å²) >= 11 is 0. The molecular formula is C11H14N4O. The predicted molar refractivity (Wildman–Crippen MR) is 59.7 cm³/mol. The van der Waals surface area contributed by atoms with Gasteiger partial charge in [0.15, 0.2) is 0 Å². The lowest BCUT2D eigenvalue weighted by Gasteiger charge is -2.12. The number of hydrogen-bond acceptors (Lipinski definition) is 4. The average Bonchev–Trinajstić information content (AvgIpc) is 2.80. The molecule has 0 aliphatic heterocycles. The van der Waals surface area contributed by atoms with Gasteiger partial charge in [0.2, 0.25) is 0 Å². The normalized spacial score (nSPS) is 12.6. The van der Waals surface area contributed by atoms with Crippen LogP contribution in [-0.2, 0) is 6.54 Å². The first-order valence-electron chi connectivity index (χ1n) is 5.12. The molecule has 5 heteroatoms. The van der Waals surface area contributed by atoms with Gasteiger partial charge < -0.3 is 10.4 Å². The topological polar surface area (TPSA) is 73.8 Å². The number of aromatic nitrogens is 3. The molecule has 0 radical (unpaired) electrons. The summed E-state index contributed by atoms with van der Waals surface area (Å²) in [5.74, 6) is 1.09. The molecule has 0 amide bonds. The molecule has 1 aromatic carbocycles. The number of phenolic OH excluding ortho intramolecular Hbond substituents is 1. The molecule has 0 fully saturated rings. The van der Waals surface area contributed by atoms with Crippen LogP contribution in [0.4, 0.5) is 0 Å². The monoisotopic (exact) mass is 218 g/mol. The Morgan fingerprint density at radius 1 is 1.38 bits per heavy atom. The van der Waals surface area contributed by atoms with Crippen LogP contribution in [0.1, 0.15) is 24.4 Å². The second-order valence-corrected chi connectivity index (χ2v) is 3.63. The molecule has 2 rings (SSSR count). The minimum absolute atomic E-state index is 0.200. The Balaban J connectivity index is 1.93. The van der Waals surface area contributed by atoms with Gasteiger partial charge in [-0.1, -0.05) is 12.1 Å². The van der Waals surface area contributed by atoms with E-state index in [0.29, 0.717) is 6.54 Å². The lowest BCUT2D eigenvalue weighted by atomic mass is 10.1. The summed E-state index contributed by atoms with van der Waals surface area (Å²) in [5, 5.41) is 19.0. The van der Waals surface area contributed by atoms with Gasteiger partial charge in [-0.25, -0.2) is 4.98 Å². The van der Waals surface area contributed by atoms with Crippen LogP contribution in [0.15, 0.2) is 30.6 Å². The summed E-state index contributed by atoms with van der Waals surface area (Å²) in [6, 6.07) is 7.36. The summed E-state index contributed by atoms with van der Waals surface area (Å²) in [6.45, 7) is 2.70. The molecule has 0 aliphatic carbocycles. The summed E-state index contributed by atoms with van der Waals surface area (Å²) in [7, 11) is 0. The van der Waals surface area contributed by atoms with E-state index < -0.39 is 0 Å². The number of rotatable bonds is 4. The number of aromatic amines is 1. The number of nitrogens with zero attached hydrogens (tertiary/aromatic N) is 2. The SMILES string of the molecule is CC(NCc1ncn[nH]1)c1ccc(O)cc1. The van der Waals surface area contributed by atoms with Crippen LogP contribution in [0.5, 0.6) is 5.75 Å². The van der Waals surface area contributed by atoms with Gasteiger partial charge in [0, 0.05) is 6.04 Å². The first-order chi connectivity index (χ1) is 7.75. The van der Waals surface area contributed by atoms with Crippen molar-refractivity contribution < 1.29 is 5.11 Å². The van der Waals surface area contributed by atoms with Gasteiger partial charge in [0.05, 0.1) is 6.54 Å². The zero-order chi connectivity index (χ0) is 11.4. The van der Waals surface area contributed by atoms with Gasteiger partial charge in [-0.2, -0.15) is 5.10 Å². The lowest BCUT2D eigenvalue weighted by molar-refractivity contribution is 0.474. The molecule has 1 unspecified atom stereocenters. The standard InChI is InChI=1S/C11H14N4O/c1-8(9-2-4-10(16)5-3-9)12-6-11-13-7-14-15-11/h2-5,7-8,12,16H,6H2,1H3,(H,13,14,15). The van der Waals surface area contributed by atoms with E-state index in [-0.39, 0.29) is 11.8 Å². The average molecular weight is 218 g/mol. The lowest BCUT2D eigenvalue weighted by Crippen LogP contribution is -2.18. The smallest absolute Gasteiger partial charge is 0.138 e. The Morgan fingerprint density at radius 3 is 2.75 bits per heavy atom. The van der Waals surface area contributed by atoms with Crippen LogP contribution in [0, 0.1) is 0 Å². The van der Waals surface area contributed by atoms with E-state index in [4.69, 9.17) is 0 Å². The molecule has 1 atom stereocenters. The van der Waals surface area contributed by atoms with Crippen molar-refractivity contribution in [1.29, 1.82) is 0 Å². The number of H-pyrrole nitrogens is 1. The van der Waals surface area contributed by atoms with E-state index >= 15 is 0 Å². The van der Waals surface area contributed by atoms with Crippen LogP contribution < -0.4 is 5.32 Å². The third-order valence-corrected chi connectivity index (χ3v) is 2.43. The molecule has 0 bridgehead atoms. The first-order valence-corrected chi connectivity index (χ1v) is 5.12. The molecule has 0 saturated carbocycles. The Labute approximate surface area is 93.5 Å². The van der Waals surface area contributed by atoms with E-state index in [1.807, 2.05) is 12.1 Å². The minimum Gasteiger partial charge on any atom is -0.508 e. The maximum atomic E-state index is 9.17. The predicted octanol–water partition coefficient (Wildman–Crippen LogP) is 1.36. The molecule has 3 N–H and O–H groups in total. The largest absolute Gasteiger partial charge is 0.508 e. The van der Waals surface area contributed by atoms with E-state index in [1.54, 1.807) is 12.1 Å². The van der Waals surface area contributed by atoms with Crippen molar-refractivity contribution in [2.24, 2.45) is 0 Å². The molecule has 16 heavy (non-hydrogen) atoms. The molecule has 0 aliphatic rings. The van der Waals surface area contributed by atoms with Crippen LogP contribution in [0.2, 0.25) is 0 Å². The summed E-state index contributed by atoms with van der Waals surface area (Å²) < 4.78 is 0. The third-order valence-electron chi connectivity index (χ3n) is 2.43. The quantitative estimate of drug-likeness (QED) is 0.724. The number of hydrogen-bond donors (Lipinski definition) is 3. The van der Waals surface area contributed by atoms with Crippen molar-refractivity contribution in [3.8, 4) is 5.75 Å². The highest BCUT2D eigenvalue weighted by Crippen LogP contribution is 2.16. The highest BCUT2D eigenvalue weighted by atomic mass is 16.3. The van der Waals surface area contributed by atoms with Gasteiger partial charge in [0.25, 0.3) is 0 Å². The van der Waals surface area contributed by atoms with Crippen LogP contribution in [0.3, 0.4) is 0 Å². The van der Waals surface area contributed by atoms with Crippen molar-refractivity contribution >= 4 is 0 Å². The Bertz CT molecular complexity index is 424. The minimum atomic E-state index is 0.200. The van der Waals surface area contributed by atoms with Gasteiger partial charge >= 0.3 is 0 Å². The van der Waals surface area contributed by atoms with Crippen molar-refractivity contribution in [2.45, 2.75) is 19.5 Å². The number of aromatic hydroxyl groups is 1. The highest BCUT2D eigenvalue weighted by Gasteiger charge is 2.05. The fraction of sp³-hybridized carbons (Fsp3) is 0.273. The molecule has 2 aromatic rings. The number of benzene rings is 1. The zero-order valence-corrected chi connectivity index (χ0v) is 9.01. The molecular weight excluding hydrogens is 204 g/mol. The maximum Gasteiger partial charge on any atom is 0.138 e.